The minimum atomic E-state index is -0.925. The van der Waals surface area contributed by atoms with Crippen LogP contribution in [0.2, 0.25) is 0 Å². The Labute approximate surface area is 344 Å². The number of fused-ring (bicyclic) bond motifs is 2. The molecule has 59 heavy (non-hydrogen) atoms. The average Bonchev–Trinajstić information content (AvgIpc) is 3.59. The smallest absolute Gasteiger partial charge is 0.334 e. The standard InChI is InChI=1S/C46H50N8O5/c1-3-21-52-32-42(56)53-40(26-33-17-19-37(55)20-18-33)45(58)51(31-41(53)54(52)46(59)47-27-34-11-6-4-7-12-34)29-36-15-10-16-38-39(30-48(2)43(36)38)44(57)50-24-22-49(23-25-50)28-35-13-8-5-9-14-35/h3-20,30,40-41,55H,1,21-29,31-32H2,2H3,(H,47,59)/t40-,41-/m0/s1. The molecule has 4 aromatic carbocycles. The zero-order valence-electron chi connectivity index (χ0n) is 33.3. The van der Waals surface area contributed by atoms with Crippen molar-refractivity contribution in [1.82, 2.24) is 39.5 Å². The van der Waals surface area contributed by atoms with Crippen molar-refractivity contribution in [1.29, 1.82) is 0 Å². The number of nitrogens with one attached hydrogen (secondary N) is 1. The molecule has 5 aromatic rings. The number of benzene rings is 4. The van der Waals surface area contributed by atoms with Crippen LogP contribution in [0, 0.1) is 0 Å². The number of hydrogen-bond donors (Lipinski definition) is 2. The van der Waals surface area contributed by atoms with Gasteiger partial charge in [-0.2, -0.15) is 0 Å². The van der Waals surface area contributed by atoms with Gasteiger partial charge >= 0.3 is 6.03 Å². The van der Waals surface area contributed by atoms with Gasteiger partial charge in [-0.25, -0.2) is 14.8 Å². The van der Waals surface area contributed by atoms with Gasteiger partial charge in [0.05, 0.1) is 24.2 Å². The first-order chi connectivity index (χ1) is 28.7. The Morgan fingerprint density at radius 1 is 0.831 bits per heavy atom. The quantitative estimate of drug-likeness (QED) is 0.188. The van der Waals surface area contributed by atoms with Crippen LogP contribution < -0.4 is 5.32 Å². The van der Waals surface area contributed by atoms with Crippen molar-refractivity contribution in [2.45, 2.75) is 38.3 Å². The van der Waals surface area contributed by atoms with Crippen LogP contribution in [0.25, 0.3) is 10.9 Å². The van der Waals surface area contributed by atoms with Crippen LogP contribution in [-0.4, -0.2) is 121 Å². The maximum atomic E-state index is 14.7. The summed E-state index contributed by atoms with van der Waals surface area (Å²) in [5, 5.41) is 17.1. The van der Waals surface area contributed by atoms with Crippen molar-refractivity contribution in [3.8, 4) is 5.75 Å². The predicted molar refractivity (Wildman–Crippen MR) is 224 cm³/mol. The number of phenols is 1. The molecular weight excluding hydrogens is 745 g/mol. The zero-order valence-corrected chi connectivity index (χ0v) is 33.3. The Balaban J connectivity index is 1.08. The Morgan fingerprint density at radius 2 is 1.53 bits per heavy atom. The lowest BCUT2D eigenvalue weighted by molar-refractivity contribution is -0.189. The highest BCUT2D eigenvalue weighted by Crippen LogP contribution is 2.32. The highest BCUT2D eigenvalue weighted by atomic mass is 16.3. The molecule has 304 valence electrons. The van der Waals surface area contributed by atoms with Gasteiger partial charge in [-0.3, -0.25) is 19.3 Å². The lowest BCUT2D eigenvalue weighted by Crippen LogP contribution is -2.76. The Kier molecular flexibility index (Phi) is 11.5. The van der Waals surface area contributed by atoms with Crippen LogP contribution in [0.1, 0.15) is 32.6 Å². The average molecular weight is 795 g/mol. The molecule has 2 atom stereocenters. The number of nitrogens with zero attached hydrogens (tertiary/aromatic N) is 7. The van der Waals surface area contributed by atoms with Gasteiger partial charge in [0.15, 0.2) is 0 Å². The summed E-state index contributed by atoms with van der Waals surface area (Å²) in [4.78, 5) is 64.7. The van der Waals surface area contributed by atoms with Crippen LogP contribution in [0.4, 0.5) is 4.79 Å². The van der Waals surface area contributed by atoms with Gasteiger partial charge in [-0.1, -0.05) is 97.1 Å². The second kappa shape index (κ2) is 17.2. The molecule has 0 radical (unpaired) electrons. The first kappa shape index (κ1) is 39.4. The van der Waals surface area contributed by atoms with E-state index in [4.69, 9.17) is 0 Å². The van der Waals surface area contributed by atoms with E-state index < -0.39 is 18.2 Å². The molecule has 4 heterocycles. The molecular formula is C46H50N8O5. The first-order valence-corrected chi connectivity index (χ1v) is 20.2. The molecule has 1 aromatic heterocycles. The molecule has 0 saturated carbocycles. The molecule has 0 spiro atoms. The normalized spacial score (nSPS) is 18.9. The number of carbonyl (C=O) groups is 4. The maximum absolute atomic E-state index is 14.7. The number of amides is 5. The second-order valence-corrected chi connectivity index (χ2v) is 15.5. The number of piperazine rings is 2. The summed E-state index contributed by atoms with van der Waals surface area (Å²) in [6, 6.07) is 31.1. The van der Waals surface area contributed by atoms with Gasteiger partial charge in [0.1, 0.15) is 18.0 Å². The number of aromatic hydroxyl groups is 1. The molecule has 8 rings (SSSR count). The van der Waals surface area contributed by atoms with Gasteiger partial charge in [-0.05, 0) is 34.4 Å². The molecule has 13 heteroatoms. The second-order valence-electron chi connectivity index (χ2n) is 15.5. The van der Waals surface area contributed by atoms with E-state index in [1.165, 1.54) is 5.56 Å². The molecule has 13 nitrogen and oxygen atoms in total. The molecule has 0 aliphatic carbocycles. The fraction of sp³-hybridized carbons (Fsp3) is 0.304. The minimum Gasteiger partial charge on any atom is -0.508 e. The topological polar surface area (TPSA) is 125 Å². The van der Waals surface area contributed by atoms with E-state index in [1.807, 2.05) is 89.4 Å². The minimum absolute atomic E-state index is 0.0223. The van der Waals surface area contributed by atoms with Gasteiger partial charge in [0, 0.05) is 77.4 Å². The highest BCUT2D eigenvalue weighted by Gasteiger charge is 2.51. The van der Waals surface area contributed by atoms with Gasteiger partial charge in [0.25, 0.3) is 5.91 Å². The lowest BCUT2D eigenvalue weighted by Gasteiger charge is -2.55. The molecule has 3 fully saturated rings. The SMILES string of the molecule is C=CCN1CC(=O)N2[C@@H](Cc3ccc(O)cc3)C(=O)N(Cc3cccc4c(C(=O)N5CCN(Cc6ccccc6)CC5)cn(C)c34)C[C@@H]2N1C(=O)NCc1ccccc1. The lowest BCUT2D eigenvalue weighted by atomic mass is 9.98. The number of carbonyl (C=O) groups excluding carboxylic acids is 4. The molecule has 0 bridgehead atoms. The van der Waals surface area contributed by atoms with Crippen molar-refractivity contribution in [2.75, 3.05) is 45.8 Å². The molecule has 3 aliphatic rings. The number of aryl methyl sites for hydroxylation is 1. The third kappa shape index (κ3) is 8.30. The first-order valence-electron chi connectivity index (χ1n) is 20.2. The van der Waals surface area contributed by atoms with Crippen molar-refractivity contribution in [2.24, 2.45) is 7.05 Å². The summed E-state index contributed by atoms with van der Waals surface area (Å²) in [7, 11) is 1.92. The number of aromatic nitrogens is 1. The maximum Gasteiger partial charge on any atom is 0.334 e. The highest BCUT2D eigenvalue weighted by molar-refractivity contribution is 6.07. The fourth-order valence-electron chi connectivity index (χ4n) is 8.73. The van der Waals surface area contributed by atoms with E-state index in [1.54, 1.807) is 50.2 Å². The van der Waals surface area contributed by atoms with E-state index in [2.05, 4.69) is 28.9 Å². The molecule has 3 saturated heterocycles. The molecule has 2 N–H and O–H groups in total. The van der Waals surface area contributed by atoms with Crippen LogP contribution in [-0.2, 0) is 42.7 Å². The molecule has 5 amide bonds. The Morgan fingerprint density at radius 3 is 2.22 bits per heavy atom. The Hall–Kier alpha value is -6.44. The predicted octanol–water partition coefficient (Wildman–Crippen LogP) is 4.58. The van der Waals surface area contributed by atoms with Crippen molar-refractivity contribution in [3.63, 3.8) is 0 Å². The number of urea groups is 1. The number of hydrogen-bond acceptors (Lipinski definition) is 7. The van der Waals surface area contributed by atoms with E-state index in [0.717, 1.165) is 47.2 Å². The summed E-state index contributed by atoms with van der Waals surface area (Å²) in [6.45, 7) is 8.21. The molecule has 3 aliphatic heterocycles. The molecule has 0 unspecified atom stereocenters. The van der Waals surface area contributed by atoms with Gasteiger partial charge in [-0.15, -0.1) is 6.58 Å². The zero-order chi connectivity index (χ0) is 41.0. The van der Waals surface area contributed by atoms with Crippen LogP contribution >= 0.6 is 0 Å². The summed E-state index contributed by atoms with van der Waals surface area (Å²) in [5.74, 6) is -0.446. The summed E-state index contributed by atoms with van der Waals surface area (Å²) >= 11 is 0. The Bertz CT molecular complexity index is 2320. The van der Waals surface area contributed by atoms with E-state index in [-0.39, 0.29) is 62.6 Å². The third-order valence-corrected chi connectivity index (χ3v) is 11.6. The van der Waals surface area contributed by atoms with Crippen LogP contribution in [0.5, 0.6) is 5.75 Å². The van der Waals surface area contributed by atoms with E-state index in [0.29, 0.717) is 18.7 Å². The number of para-hydroxylation sites is 1. The largest absolute Gasteiger partial charge is 0.508 e. The third-order valence-electron chi connectivity index (χ3n) is 11.6. The monoisotopic (exact) mass is 794 g/mol. The summed E-state index contributed by atoms with van der Waals surface area (Å²) < 4.78 is 1.96. The van der Waals surface area contributed by atoms with Crippen LogP contribution in [0.3, 0.4) is 0 Å². The van der Waals surface area contributed by atoms with Gasteiger partial charge in [0.2, 0.25) is 11.8 Å². The van der Waals surface area contributed by atoms with E-state index in [9.17, 15) is 24.3 Å². The number of hydrazine groups is 1. The van der Waals surface area contributed by atoms with Crippen LogP contribution in [0.15, 0.2) is 122 Å². The van der Waals surface area contributed by atoms with Crippen molar-refractivity contribution in [3.05, 3.63) is 150 Å². The number of phenolic OH excluding ortho intramolecular Hbond substituents is 1. The summed E-state index contributed by atoms with van der Waals surface area (Å²) in [6.07, 6.45) is 2.90. The summed E-state index contributed by atoms with van der Waals surface area (Å²) in [5.41, 5.74) is 5.23. The van der Waals surface area contributed by atoms with Crippen molar-refractivity contribution >= 4 is 34.7 Å². The van der Waals surface area contributed by atoms with Crippen molar-refractivity contribution < 1.29 is 24.3 Å². The number of rotatable bonds is 11. The van der Waals surface area contributed by atoms with E-state index >= 15 is 0 Å². The fourth-order valence-corrected chi connectivity index (χ4v) is 8.73. The van der Waals surface area contributed by atoms with Gasteiger partial charge < -0.3 is 29.7 Å².